The maximum absolute atomic E-state index is 11.7. The van der Waals surface area contributed by atoms with E-state index in [4.69, 9.17) is 18.9 Å². The molecule has 0 aliphatic carbocycles. The first kappa shape index (κ1) is 24.9. The Morgan fingerprint density at radius 2 is 1.36 bits per heavy atom. The number of halogens is 1. The van der Waals surface area contributed by atoms with Crippen LogP contribution in [-0.2, 0) is 18.9 Å². The molecule has 0 aliphatic heterocycles. The van der Waals surface area contributed by atoms with Crippen LogP contribution in [0.2, 0.25) is 0 Å². The van der Waals surface area contributed by atoms with Crippen molar-refractivity contribution in [1.29, 1.82) is 0 Å². The number of hydrogen-bond acceptors (Lipinski definition) is 5. The molecule has 0 N–H and O–H groups in total. The average Bonchev–Trinajstić information content (AvgIpc) is 2.53. The van der Waals surface area contributed by atoms with Crippen LogP contribution in [0.3, 0.4) is 0 Å². The lowest BCUT2D eigenvalue weighted by molar-refractivity contribution is 0.00444. The van der Waals surface area contributed by atoms with Gasteiger partial charge in [-0.1, -0.05) is 35.4 Å². The maximum atomic E-state index is 11.7. The van der Waals surface area contributed by atoms with Crippen LogP contribution in [0.15, 0.2) is 0 Å². The van der Waals surface area contributed by atoms with Crippen molar-refractivity contribution in [2.45, 2.75) is 52.1 Å². The molecule has 0 saturated heterocycles. The zero-order valence-electron chi connectivity index (χ0n) is 16.4. The minimum absolute atomic E-state index is 0.334. The number of likely N-dealkylation sites (N-methyl/N-ethyl adjacent to an activating group) is 1. The molecule has 7 heteroatoms. The molecule has 6 nitrogen and oxygen atoms in total. The molecule has 0 radical (unpaired) electrons. The van der Waals surface area contributed by atoms with E-state index < -0.39 is 5.60 Å². The Kier molecular flexibility index (Phi) is 16.0. The van der Waals surface area contributed by atoms with Crippen molar-refractivity contribution in [3.05, 3.63) is 0 Å². The fourth-order valence-corrected chi connectivity index (χ4v) is 2.37. The van der Waals surface area contributed by atoms with Crippen LogP contribution < -0.4 is 0 Å². The van der Waals surface area contributed by atoms with Gasteiger partial charge in [0, 0.05) is 20.2 Å². The summed E-state index contributed by atoms with van der Waals surface area (Å²) in [5, 5.41) is 0. The average molecular weight is 473 g/mol. The highest BCUT2D eigenvalue weighted by molar-refractivity contribution is 14.1. The van der Waals surface area contributed by atoms with E-state index in [0.717, 1.165) is 13.0 Å². The molecule has 0 atom stereocenters. The third-order valence-corrected chi connectivity index (χ3v) is 3.96. The highest BCUT2D eigenvalue weighted by Gasteiger charge is 2.19. The Morgan fingerprint density at radius 1 is 0.840 bits per heavy atom. The largest absolute Gasteiger partial charge is 0.444 e. The molecule has 0 rings (SSSR count). The fourth-order valence-electron chi connectivity index (χ4n) is 1.83. The summed E-state index contributed by atoms with van der Waals surface area (Å²) < 4.78 is 22.9. The number of hydrogen-bond donors (Lipinski definition) is 0. The summed E-state index contributed by atoms with van der Waals surface area (Å²) in [7, 11) is 1.70. The topological polar surface area (TPSA) is 57.2 Å². The smallest absolute Gasteiger partial charge is 0.410 e. The first-order chi connectivity index (χ1) is 11.9. The Morgan fingerprint density at radius 3 is 1.92 bits per heavy atom. The third-order valence-electron chi connectivity index (χ3n) is 3.19. The number of ether oxygens (including phenoxy) is 4. The summed E-state index contributed by atoms with van der Waals surface area (Å²) in [6.45, 7) is 9.60. The normalized spacial score (nSPS) is 11.6. The van der Waals surface area contributed by atoms with E-state index in [-0.39, 0.29) is 6.09 Å². The van der Waals surface area contributed by atoms with E-state index in [2.05, 4.69) is 22.6 Å². The highest BCUT2D eigenvalue weighted by atomic mass is 127. The number of unbranched alkanes of at least 4 members (excludes halogenated alkanes) is 3. The molecule has 0 aromatic heterocycles. The van der Waals surface area contributed by atoms with Gasteiger partial charge in [-0.3, -0.25) is 0 Å². The minimum Gasteiger partial charge on any atom is -0.444 e. The van der Waals surface area contributed by atoms with Gasteiger partial charge in [-0.2, -0.15) is 0 Å². The second-order valence-corrected chi connectivity index (χ2v) is 7.92. The van der Waals surface area contributed by atoms with Crippen molar-refractivity contribution < 1.29 is 23.7 Å². The summed E-state index contributed by atoms with van der Waals surface area (Å²) >= 11 is 2.41. The molecular weight excluding hydrogens is 437 g/mol. The molecule has 25 heavy (non-hydrogen) atoms. The molecule has 0 fully saturated rings. The lowest BCUT2D eigenvalue weighted by Gasteiger charge is -2.24. The van der Waals surface area contributed by atoms with Gasteiger partial charge >= 0.3 is 6.09 Å². The number of rotatable bonds is 15. The van der Waals surface area contributed by atoms with Gasteiger partial charge in [-0.25, -0.2) is 4.79 Å². The predicted octanol–water partition coefficient (Wildman–Crippen LogP) is 3.90. The Balaban J connectivity index is 3.29. The van der Waals surface area contributed by atoms with Gasteiger partial charge < -0.3 is 23.8 Å². The zero-order chi connectivity index (χ0) is 19.0. The number of amides is 1. The van der Waals surface area contributed by atoms with Gasteiger partial charge in [0.05, 0.1) is 33.0 Å². The molecule has 1 amide bonds. The Bertz CT molecular complexity index is 323. The molecule has 0 spiro atoms. The molecule has 0 bridgehead atoms. The lowest BCUT2D eigenvalue weighted by Crippen LogP contribution is -2.36. The van der Waals surface area contributed by atoms with Gasteiger partial charge in [-0.05, 0) is 38.0 Å². The van der Waals surface area contributed by atoms with Crippen LogP contribution in [-0.4, -0.2) is 74.3 Å². The number of carbonyl (C=O) groups excluding carboxylic acids is 1. The summed E-state index contributed by atoms with van der Waals surface area (Å²) in [5.41, 5.74) is -0.475. The van der Waals surface area contributed by atoms with Gasteiger partial charge in [0.25, 0.3) is 0 Å². The predicted molar refractivity (Wildman–Crippen MR) is 109 cm³/mol. The second-order valence-electron chi connectivity index (χ2n) is 6.84. The van der Waals surface area contributed by atoms with Crippen LogP contribution in [0, 0.1) is 0 Å². The molecule has 0 heterocycles. The van der Waals surface area contributed by atoms with Gasteiger partial charge in [0.1, 0.15) is 5.60 Å². The molecule has 0 unspecified atom stereocenters. The second kappa shape index (κ2) is 16.1. The summed E-state index contributed by atoms with van der Waals surface area (Å²) in [6, 6.07) is 0. The van der Waals surface area contributed by atoms with E-state index in [1.165, 1.54) is 28.6 Å². The van der Waals surface area contributed by atoms with E-state index >= 15 is 0 Å². The number of nitrogens with zero attached hydrogens (tertiary/aromatic N) is 1. The third kappa shape index (κ3) is 18.5. The molecule has 150 valence electrons. The van der Waals surface area contributed by atoms with Crippen molar-refractivity contribution in [3.63, 3.8) is 0 Å². The van der Waals surface area contributed by atoms with Crippen LogP contribution in [0.25, 0.3) is 0 Å². The Hall–Kier alpha value is -0.120. The van der Waals surface area contributed by atoms with Crippen LogP contribution in [0.5, 0.6) is 0 Å². The monoisotopic (exact) mass is 473 g/mol. The van der Waals surface area contributed by atoms with E-state index in [9.17, 15) is 4.79 Å². The van der Waals surface area contributed by atoms with Crippen molar-refractivity contribution in [2.24, 2.45) is 0 Å². The van der Waals surface area contributed by atoms with E-state index in [0.29, 0.717) is 39.6 Å². The zero-order valence-corrected chi connectivity index (χ0v) is 18.5. The lowest BCUT2D eigenvalue weighted by atomic mass is 10.2. The summed E-state index contributed by atoms with van der Waals surface area (Å²) in [4.78, 5) is 13.2. The maximum Gasteiger partial charge on any atom is 0.410 e. The minimum atomic E-state index is -0.475. The molecule has 0 saturated carbocycles. The summed E-state index contributed by atoms with van der Waals surface area (Å²) in [6.07, 6.45) is 4.64. The van der Waals surface area contributed by atoms with Gasteiger partial charge in [0.2, 0.25) is 0 Å². The standard InChI is InChI=1S/C18H36INO5/c1-18(2,3)25-17(21)20(4)10-12-23-14-16-24-15-13-22-11-8-6-5-7-9-19/h5-16H2,1-4H3. The van der Waals surface area contributed by atoms with Crippen LogP contribution >= 0.6 is 22.6 Å². The summed E-state index contributed by atoms with van der Waals surface area (Å²) in [5.74, 6) is 0. The quantitative estimate of drug-likeness (QED) is 0.205. The van der Waals surface area contributed by atoms with E-state index in [1.54, 1.807) is 7.05 Å². The number of alkyl halides is 1. The van der Waals surface area contributed by atoms with Crippen LogP contribution in [0.4, 0.5) is 4.79 Å². The van der Waals surface area contributed by atoms with Crippen LogP contribution in [0.1, 0.15) is 46.5 Å². The van der Waals surface area contributed by atoms with Crippen molar-refractivity contribution in [3.8, 4) is 0 Å². The van der Waals surface area contributed by atoms with Crippen molar-refractivity contribution >= 4 is 28.7 Å². The van der Waals surface area contributed by atoms with Gasteiger partial charge in [0.15, 0.2) is 0 Å². The van der Waals surface area contributed by atoms with E-state index in [1.807, 2.05) is 20.8 Å². The SMILES string of the molecule is CN(CCOCCOCCOCCCCCCI)C(=O)OC(C)(C)C. The highest BCUT2D eigenvalue weighted by Crippen LogP contribution is 2.08. The Labute approximate surface area is 167 Å². The fraction of sp³-hybridized carbons (Fsp3) is 0.944. The van der Waals surface area contributed by atoms with Gasteiger partial charge in [-0.15, -0.1) is 0 Å². The molecular formula is C18H36INO5. The van der Waals surface area contributed by atoms with Crippen molar-refractivity contribution in [2.75, 3.05) is 57.7 Å². The molecule has 0 aliphatic rings. The number of carbonyl (C=O) groups is 1. The first-order valence-corrected chi connectivity index (χ1v) is 10.6. The van der Waals surface area contributed by atoms with Crippen molar-refractivity contribution in [1.82, 2.24) is 4.90 Å². The molecule has 0 aromatic carbocycles. The first-order valence-electron chi connectivity index (χ1n) is 9.10. The molecule has 0 aromatic rings.